The van der Waals surface area contributed by atoms with E-state index < -0.39 is 19.9 Å². The van der Waals surface area contributed by atoms with E-state index in [0.29, 0.717) is 60.4 Å². The maximum atomic E-state index is 13.8. The van der Waals surface area contributed by atoms with Crippen LogP contribution in [0.1, 0.15) is 10.4 Å². The van der Waals surface area contributed by atoms with E-state index in [9.17, 15) is 21.6 Å². The zero-order chi connectivity index (χ0) is 27.6. The van der Waals surface area contributed by atoms with Gasteiger partial charge in [-0.05, 0) is 42.5 Å². The Balaban J connectivity index is 0.00000370. The molecule has 11 nitrogen and oxygen atoms in total. The van der Waals surface area contributed by atoms with Crippen LogP contribution in [0, 0.1) is 0 Å². The second kappa shape index (κ2) is 12.8. The summed E-state index contributed by atoms with van der Waals surface area (Å²) < 4.78 is 62.8. The number of sulfone groups is 1. The molecule has 0 unspecified atom stereocenters. The van der Waals surface area contributed by atoms with E-state index in [1.165, 1.54) is 46.0 Å². The maximum absolute atomic E-state index is 13.8. The number of aromatic nitrogens is 1. The number of benzene rings is 2. The Morgan fingerprint density at radius 3 is 2.15 bits per heavy atom. The highest BCUT2D eigenvalue weighted by Gasteiger charge is 2.28. The van der Waals surface area contributed by atoms with Crippen LogP contribution in [-0.2, 0) is 29.3 Å². The lowest BCUT2D eigenvalue weighted by atomic mass is 10.2. The molecule has 2 aliphatic rings. The Bertz CT molecular complexity index is 1550. The van der Waals surface area contributed by atoms with Crippen LogP contribution in [0.5, 0.6) is 0 Å². The third kappa shape index (κ3) is 6.82. The molecule has 3 aromatic rings. The average Bonchev–Trinajstić information content (AvgIpc) is 3.37. The van der Waals surface area contributed by atoms with Crippen LogP contribution in [-0.4, -0.2) is 109 Å². The van der Waals surface area contributed by atoms with Crippen molar-refractivity contribution in [3.63, 3.8) is 0 Å². The number of fused-ring (bicyclic) bond motifs is 1. The normalized spacial score (nSPS) is 17.4. The van der Waals surface area contributed by atoms with Gasteiger partial charge in [0.25, 0.3) is 5.91 Å². The molecule has 0 atom stereocenters. The molecule has 15 heteroatoms. The largest absolute Gasteiger partial charge is 0.379 e. The number of carbonyl (C=O) groups excluding carboxylic acids is 1. The molecule has 3 heterocycles. The first-order valence-electron chi connectivity index (χ1n) is 12.5. The Morgan fingerprint density at radius 2 is 1.52 bits per heavy atom. The predicted octanol–water partition coefficient (Wildman–Crippen LogP) is 2.12. The van der Waals surface area contributed by atoms with Gasteiger partial charge in [-0.3, -0.25) is 14.6 Å². The van der Waals surface area contributed by atoms with Gasteiger partial charge in [0.15, 0.2) is 15.0 Å². The molecule has 218 valence electrons. The highest BCUT2D eigenvalue weighted by molar-refractivity contribution is 7.90. The van der Waals surface area contributed by atoms with Crippen molar-refractivity contribution < 1.29 is 31.1 Å². The quantitative estimate of drug-likeness (QED) is 0.368. The van der Waals surface area contributed by atoms with Crippen LogP contribution in [0.2, 0.25) is 0 Å². The lowest BCUT2D eigenvalue weighted by Crippen LogP contribution is -2.43. The first-order chi connectivity index (χ1) is 18.6. The van der Waals surface area contributed by atoms with Crippen LogP contribution in [0.3, 0.4) is 0 Å². The fourth-order valence-electron chi connectivity index (χ4n) is 4.45. The van der Waals surface area contributed by atoms with E-state index in [4.69, 9.17) is 9.47 Å². The number of halogens is 1. The number of sulfonamides is 1. The van der Waals surface area contributed by atoms with Gasteiger partial charge in [-0.1, -0.05) is 11.3 Å². The van der Waals surface area contributed by atoms with Gasteiger partial charge in [0.1, 0.15) is 0 Å². The molecule has 5 rings (SSSR count). The number of hydrogen-bond acceptors (Lipinski definition) is 10. The summed E-state index contributed by atoms with van der Waals surface area (Å²) in [5.41, 5.74) is 0.924. The summed E-state index contributed by atoms with van der Waals surface area (Å²) in [6.45, 7) is 5.00. The van der Waals surface area contributed by atoms with Gasteiger partial charge in [0.2, 0.25) is 10.0 Å². The van der Waals surface area contributed by atoms with Crippen LogP contribution in [0.15, 0.2) is 52.3 Å². The lowest BCUT2D eigenvalue weighted by Gasteiger charge is -2.29. The molecule has 0 aliphatic carbocycles. The molecule has 0 radical (unpaired) electrons. The average molecular weight is 631 g/mol. The fraction of sp³-hybridized carbons (Fsp3) is 0.440. The second-order valence-corrected chi connectivity index (χ2v) is 14.3. The highest BCUT2D eigenvalue weighted by atomic mass is 35.5. The summed E-state index contributed by atoms with van der Waals surface area (Å²) in [6.07, 6.45) is 1.15. The number of nitrogens with zero attached hydrogens (tertiary/aromatic N) is 4. The van der Waals surface area contributed by atoms with E-state index in [1.54, 1.807) is 17.0 Å². The Labute approximate surface area is 244 Å². The zero-order valence-corrected chi connectivity index (χ0v) is 25.2. The summed E-state index contributed by atoms with van der Waals surface area (Å²) >= 11 is 1.24. The topological polar surface area (TPSA) is 126 Å². The number of amides is 1. The van der Waals surface area contributed by atoms with E-state index in [1.807, 2.05) is 0 Å². The summed E-state index contributed by atoms with van der Waals surface area (Å²) in [4.78, 5) is 22.5. The van der Waals surface area contributed by atoms with Crippen molar-refractivity contribution in [3.8, 4) is 0 Å². The molecule has 0 saturated carbocycles. The standard InChI is InChI=1S/C25H30N4O7S3.ClH/c1-38(31,32)21-6-7-22-23(18-21)37-25(26-22)29(9-8-27-10-14-35-15-11-27)24(30)19-2-4-20(5-3-19)39(33,34)28-12-16-36-17-13-28;/h2-7,18H,8-17H2,1H3;1H. The molecular weight excluding hydrogens is 600 g/mol. The Kier molecular flexibility index (Phi) is 9.83. The number of carbonyl (C=O) groups is 1. The first kappa shape index (κ1) is 30.8. The van der Waals surface area contributed by atoms with Crippen molar-refractivity contribution in [2.45, 2.75) is 9.79 Å². The minimum atomic E-state index is -3.68. The molecule has 2 aliphatic heterocycles. The number of hydrogen-bond donors (Lipinski definition) is 0. The third-order valence-electron chi connectivity index (χ3n) is 6.71. The second-order valence-electron chi connectivity index (χ2n) is 9.35. The van der Waals surface area contributed by atoms with Crippen molar-refractivity contribution in [1.82, 2.24) is 14.2 Å². The van der Waals surface area contributed by atoms with Gasteiger partial charge in [0.05, 0.1) is 46.4 Å². The summed E-state index contributed by atoms with van der Waals surface area (Å²) in [7, 11) is -7.08. The molecule has 1 aromatic heterocycles. The molecule has 1 amide bonds. The Hall–Kier alpha value is -2.17. The number of rotatable bonds is 8. The minimum absolute atomic E-state index is 0. The van der Waals surface area contributed by atoms with Crippen molar-refractivity contribution >= 4 is 64.9 Å². The number of thiazole rings is 1. The van der Waals surface area contributed by atoms with Crippen LogP contribution in [0.4, 0.5) is 5.13 Å². The van der Waals surface area contributed by atoms with Crippen LogP contribution in [0.25, 0.3) is 10.2 Å². The molecule has 0 N–H and O–H groups in total. The molecule has 2 aromatic carbocycles. The van der Waals surface area contributed by atoms with E-state index >= 15 is 0 Å². The number of ether oxygens (including phenoxy) is 2. The van der Waals surface area contributed by atoms with Gasteiger partial charge in [-0.2, -0.15) is 4.31 Å². The first-order valence-corrected chi connectivity index (χ1v) is 16.7. The minimum Gasteiger partial charge on any atom is -0.379 e. The molecule has 0 bridgehead atoms. The third-order valence-corrected chi connectivity index (χ3v) is 10.8. The number of morpholine rings is 2. The van der Waals surface area contributed by atoms with Crippen molar-refractivity contribution in [1.29, 1.82) is 0 Å². The van der Waals surface area contributed by atoms with Gasteiger partial charge in [-0.25, -0.2) is 21.8 Å². The van der Waals surface area contributed by atoms with Crippen molar-refractivity contribution in [2.75, 3.05) is 76.9 Å². The molecular formula is C25H31ClN4O7S3. The van der Waals surface area contributed by atoms with Gasteiger partial charge in [0, 0.05) is 51.1 Å². The van der Waals surface area contributed by atoms with Crippen molar-refractivity contribution in [3.05, 3.63) is 48.0 Å². The van der Waals surface area contributed by atoms with E-state index in [2.05, 4.69) is 9.88 Å². The summed E-state index contributed by atoms with van der Waals surface area (Å²) in [6, 6.07) is 10.7. The van der Waals surface area contributed by atoms with Crippen molar-refractivity contribution in [2.24, 2.45) is 0 Å². The van der Waals surface area contributed by atoms with E-state index in [0.717, 1.165) is 19.3 Å². The summed E-state index contributed by atoms with van der Waals surface area (Å²) in [5.74, 6) is -0.319. The fourth-order valence-corrected chi connectivity index (χ4v) is 7.61. The number of anilines is 1. The van der Waals surface area contributed by atoms with Gasteiger partial charge in [-0.15, -0.1) is 12.4 Å². The lowest BCUT2D eigenvalue weighted by molar-refractivity contribution is 0.0391. The van der Waals surface area contributed by atoms with Gasteiger partial charge >= 0.3 is 0 Å². The monoisotopic (exact) mass is 630 g/mol. The van der Waals surface area contributed by atoms with Crippen LogP contribution < -0.4 is 4.90 Å². The van der Waals surface area contributed by atoms with Crippen LogP contribution >= 0.6 is 23.7 Å². The molecule has 2 fully saturated rings. The smallest absolute Gasteiger partial charge is 0.260 e. The van der Waals surface area contributed by atoms with Gasteiger partial charge < -0.3 is 9.47 Å². The highest BCUT2D eigenvalue weighted by Crippen LogP contribution is 2.32. The maximum Gasteiger partial charge on any atom is 0.260 e. The summed E-state index contributed by atoms with van der Waals surface area (Å²) in [5, 5.41) is 0.443. The molecule has 0 spiro atoms. The zero-order valence-electron chi connectivity index (χ0n) is 21.9. The SMILES string of the molecule is CS(=O)(=O)c1ccc2nc(N(CCN3CCOCC3)C(=O)c3ccc(S(=O)(=O)N4CCOCC4)cc3)sc2c1.Cl. The Morgan fingerprint density at radius 1 is 0.925 bits per heavy atom. The molecule has 2 saturated heterocycles. The molecule has 40 heavy (non-hydrogen) atoms. The predicted molar refractivity (Wildman–Crippen MR) is 155 cm³/mol. The van der Waals surface area contributed by atoms with E-state index in [-0.39, 0.29) is 41.2 Å².